The van der Waals surface area contributed by atoms with Crippen molar-refractivity contribution in [3.05, 3.63) is 46.5 Å². The number of nitrogens with zero attached hydrogens (tertiary/aromatic N) is 4. The number of hydrogen-bond donors (Lipinski definition) is 2. The van der Waals surface area contributed by atoms with Gasteiger partial charge in [-0.25, -0.2) is 9.98 Å². The number of aromatic nitrogens is 3. The maximum absolute atomic E-state index is 4.56. The van der Waals surface area contributed by atoms with Crippen LogP contribution in [0.15, 0.2) is 40.1 Å². The molecule has 1 aromatic carbocycles. The summed E-state index contributed by atoms with van der Waals surface area (Å²) in [7, 11) is 1.87. The largest absolute Gasteiger partial charge is 0.357 e. The van der Waals surface area contributed by atoms with Crippen molar-refractivity contribution < 1.29 is 0 Å². The van der Waals surface area contributed by atoms with E-state index in [1.165, 1.54) is 0 Å². The Bertz CT molecular complexity index is 596. The molecule has 2 aromatic rings. The van der Waals surface area contributed by atoms with Gasteiger partial charge in [0.25, 0.3) is 0 Å². The topological polar surface area (TPSA) is 67.1 Å². The molecule has 0 atom stereocenters. The minimum Gasteiger partial charge on any atom is -0.357 e. The number of aliphatic imine (C=N–C) groups is 1. The lowest BCUT2D eigenvalue weighted by Crippen LogP contribution is -2.37. The van der Waals surface area contributed by atoms with Crippen molar-refractivity contribution in [1.29, 1.82) is 0 Å². The highest BCUT2D eigenvalue weighted by molar-refractivity contribution is 14.0. The van der Waals surface area contributed by atoms with Crippen molar-refractivity contribution in [2.75, 3.05) is 6.54 Å². The van der Waals surface area contributed by atoms with Crippen molar-refractivity contribution in [2.45, 2.75) is 20.0 Å². The first-order valence-corrected chi connectivity index (χ1v) is 7.58. The van der Waals surface area contributed by atoms with Crippen LogP contribution >= 0.6 is 39.9 Å². The second-order valence-electron chi connectivity index (χ2n) is 4.48. The number of hydrogen-bond acceptors (Lipinski definition) is 3. The first-order valence-electron chi connectivity index (χ1n) is 6.78. The van der Waals surface area contributed by atoms with Crippen LogP contribution in [-0.2, 0) is 20.1 Å². The number of benzene rings is 1. The lowest BCUT2D eigenvalue weighted by Gasteiger charge is -2.10. The van der Waals surface area contributed by atoms with Crippen molar-refractivity contribution in [2.24, 2.45) is 12.0 Å². The standard InChI is InChI=1S/C14H19BrN6.HI/c1-3-16-14(18-9-13-19-10-20-21(13)2)17-8-11-4-6-12(15)7-5-11;/h4-7,10H,3,8-9H2,1-2H3,(H2,16,17,18);1H. The maximum Gasteiger partial charge on any atom is 0.191 e. The molecule has 8 heteroatoms. The van der Waals surface area contributed by atoms with Crippen LogP contribution in [0.25, 0.3) is 0 Å². The Morgan fingerprint density at radius 2 is 2.00 bits per heavy atom. The minimum absolute atomic E-state index is 0. The third-order valence-electron chi connectivity index (χ3n) is 2.90. The van der Waals surface area contributed by atoms with E-state index >= 15 is 0 Å². The molecular weight excluding hydrogens is 459 g/mol. The summed E-state index contributed by atoms with van der Waals surface area (Å²) < 4.78 is 2.81. The van der Waals surface area contributed by atoms with Gasteiger partial charge in [-0.1, -0.05) is 28.1 Å². The number of aryl methyl sites for hydroxylation is 1. The smallest absolute Gasteiger partial charge is 0.191 e. The molecule has 0 fully saturated rings. The third-order valence-corrected chi connectivity index (χ3v) is 3.42. The summed E-state index contributed by atoms with van der Waals surface area (Å²) in [6, 6.07) is 8.15. The van der Waals surface area contributed by atoms with Crippen molar-refractivity contribution in [3.63, 3.8) is 0 Å². The Balaban J connectivity index is 0.00000242. The van der Waals surface area contributed by atoms with Gasteiger partial charge in [-0.15, -0.1) is 24.0 Å². The van der Waals surface area contributed by atoms with Crippen LogP contribution in [0.3, 0.4) is 0 Å². The van der Waals surface area contributed by atoms with Gasteiger partial charge in [0, 0.05) is 18.1 Å². The van der Waals surface area contributed by atoms with Crippen molar-refractivity contribution in [3.8, 4) is 0 Å². The number of rotatable bonds is 5. The van der Waals surface area contributed by atoms with Crippen LogP contribution in [0, 0.1) is 0 Å². The van der Waals surface area contributed by atoms with E-state index in [1.54, 1.807) is 11.0 Å². The summed E-state index contributed by atoms with van der Waals surface area (Å²) in [6.45, 7) is 4.06. The molecule has 0 unspecified atom stereocenters. The highest BCUT2D eigenvalue weighted by Gasteiger charge is 2.02. The molecule has 2 rings (SSSR count). The zero-order chi connectivity index (χ0) is 15.1. The summed E-state index contributed by atoms with van der Waals surface area (Å²) in [5, 5.41) is 10.5. The second kappa shape index (κ2) is 9.78. The number of halogens is 2. The second-order valence-corrected chi connectivity index (χ2v) is 5.39. The first kappa shape index (κ1) is 18.9. The average Bonchev–Trinajstić information content (AvgIpc) is 2.89. The lowest BCUT2D eigenvalue weighted by atomic mass is 10.2. The average molecular weight is 479 g/mol. The molecule has 6 nitrogen and oxygen atoms in total. The lowest BCUT2D eigenvalue weighted by molar-refractivity contribution is 0.673. The van der Waals surface area contributed by atoms with E-state index in [4.69, 9.17) is 0 Å². The van der Waals surface area contributed by atoms with Crippen LogP contribution in [0.1, 0.15) is 18.3 Å². The highest BCUT2D eigenvalue weighted by atomic mass is 127. The van der Waals surface area contributed by atoms with Gasteiger partial charge in [0.1, 0.15) is 12.2 Å². The maximum atomic E-state index is 4.56. The van der Waals surface area contributed by atoms with Gasteiger partial charge in [-0.3, -0.25) is 4.68 Å². The van der Waals surface area contributed by atoms with E-state index in [9.17, 15) is 0 Å². The quantitative estimate of drug-likeness (QED) is 0.393. The van der Waals surface area contributed by atoms with Gasteiger partial charge in [-0.05, 0) is 24.6 Å². The first-order chi connectivity index (χ1) is 10.2. The molecule has 0 saturated heterocycles. The van der Waals surface area contributed by atoms with Gasteiger partial charge in [0.15, 0.2) is 5.96 Å². The molecular formula is C14H20BrIN6. The number of guanidine groups is 1. The molecule has 0 aliphatic heterocycles. The Labute approximate surface area is 156 Å². The van der Waals surface area contributed by atoms with E-state index in [-0.39, 0.29) is 24.0 Å². The van der Waals surface area contributed by atoms with E-state index in [2.05, 4.69) is 53.8 Å². The van der Waals surface area contributed by atoms with E-state index < -0.39 is 0 Å². The molecule has 0 radical (unpaired) electrons. The molecule has 0 spiro atoms. The summed E-state index contributed by atoms with van der Waals surface area (Å²) >= 11 is 3.43. The molecule has 0 amide bonds. The summed E-state index contributed by atoms with van der Waals surface area (Å²) in [5.41, 5.74) is 1.16. The molecule has 120 valence electrons. The molecule has 2 N–H and O–H groups in total. The van der Waals surface area contributed by atoms with Crippen LogP contribution in [-0.4, -0.2) is 27.3 Å². The zero-order valence-electron chi connectivity index (χ0n) is 12.6. The Hall–Kier alpha value is -1.16. The van der Waals surface area contributed by atoms with Crippen LogP contribution in [0.4, 0.5) is 0 Å². The van der Waals surface area contributed by atoms with Crippen LogP contribution < -0.4 is 10.6 Å². The van der Waals surface area contributed by atoms with E-state index in [0.717, 1.165) is 28.4 Å². The summed E-state index contributed by atoms with van der Waals surface area (Å²) in [6.07, 6.45) is 1.54. The monoisotopic (exact) mass is 478 g/mol. The van der Waals surface area contributed by atoms with E-state index in [1.807, 2.05) is 26.1 Å². The Kier molecular flexibility index (Phi) is 8.39. The third kappa shape index (κ3) is 5.91. The van der Waals surface area contributed by atoms with Gasteiger partial charge in [0.05, 0.1) is 13.1 Å². The minimum atomic E-state index is 0. The zero-order valence-corrected chi connectivity index (χ0v) is 16.5. The molecule has 0 bridgehead atoms. The summed E-state index contributed by atoms with van der Waals surface area (Å²) in [4.78, 5) is 8.74. The van der Waals surface area contributed by atoms with Gasteiger partial charge < -0.3 is 10.6 Å². The van der Waals surface area contributed by atoms with Gasteiger partial charge in [0.2, 0.25) is 0 Å². The summed E-state index contributed by atoms with van der Waals surface area (Å²) in [5.74, 6) is 1.63. The molecule has 1 aromatic heterocycles. The predicted molar refractivity (Wildman–Crippen MR) is 102 cm³/mol. The van der Waals surface area contributed by atoms with Crippen molar-refractivity contribution in [1.82, 2.24) is 25.4 Å². The van der Waals surface area contributed by atoms with Gasteiger partial charge in [-0.2, -0.15) is 5.10 Å². The van der Waals surface area contributed by atoms with Crippen LogP contribution in [0.2, 0.25) is 0 Å². The fourth-order valence-electron chi connectivity index (χ4n) is 1.74. The fourth-order valence-corrected chi connectivity index (χ4v) is 2.01. The SMILES string of the molecule is CCNC(=NCc1ccc(Br)cc1)NCc1ncnn1C.I. The highest BCUT2D eigenvalue weighted by Crippen LogP contribution is 2.11. The molecule has 22 heavy (non-hydrogen) atoms. The predicted octanol–water partition coefficient (Wildman–Crippen LogP) is 2.45. The molecule has 1 heterocycles. The molecule has 0 aliphatic rings. The normalized spacial score (nSPS) is 11.0. The van der Waals surface area contributed by atoms with Crippen LogP contribution in [0.5, 0.6) is 0 Å². The van der Waals surface area contributed by atoms with Crippen molar-refractivity contribution >= 4 is 45.9 Å². The van der Waals surface area contributed by atoms with E-state index in [0.29, 0.717) is 13.1 Å². The Morgan fingerprint density at radius 1 is 1.27 bits per heavy atom. The fraction of sp³-hybridized carbons (Fsp3) is 0.357. The molecule has 0 saturated carbocycles. The number of nitrogens with one attached hydrogen (secondary N) is 2. The van der Waals surface area contributed by atoms with Gasteiger partial charge >= 0.3 is 0 Å². The Morgan fingerprint density at radius 3 is 2.59 bits per heavy atom. The molecule has 0 aliphatic carbocycles.